The van der Waals surface area contributed by atoms with Crippen molar-refractivity contribution in [3.63, 3.8) is 0 Å². The van der Waals surface area contributed by atoms with Gasteiger partial charge in [-0.15, -0.1) is 11.3 Å². The highest BCUT2D eigenvalue weighted by Crippen LogP contribution is 2.31. The van der Waals surface area contributed by atoms with Gasteiger partial charge >= 0.3 is 6.18 Å². The van der Waals surface area contributed by atoms with Gasteiger partial charge in [0.05, 0.1) is 36.9 Å². The molecule has 0 bridgehead atoms. The van der Waals surface area contributed by atoms with Crippen molar-refractivity contribution in [2.45, 2.75) is 18.6 Å². The van der Waals surface area contributed by atoms with Crippen molar-refractivity contribution in [2.24, 2.45) is 0 Å². The molecule has 1 aromatic carbocycles. The van der Waals surface area contributed by atoms with Crippen molar-refractivity contribution in [3.05, 3.63) is 63.3 Å². The summed E-state index contributed by atoms with van der Waals surface area (Å²) in [5.41, 5.74) is 1.79. The molecule has 1 aliphatic heterocycles. The minimum Gasteiger partial charge on any atom is -0.379 e. The van der Waals surface area contributed by atoms with Crippen molar-refractivity contribution in [3.8, 4) is 10.6 Å². The first-order valence-electron chi connectivity index (χ1n) is 10.1. The van der Waals surface area contributed by atoms with Crippen LogP contribution >= 0.6 is 22.7 Å². The maximum Gasteiger partial charge on any atom is 0.416 e. The van der Waals surface area contributed by atoms with Crippen molar-refractivity contribution in [2.75, 3.05) is 32.8 Å². The third kappa shape index (κ3) is 5.74. The summed E-state index contributed by atoms with van der Waals surface area (Å²) in [6.45, 7) is 2.70. The molecule has 1 atom stereocenters. The number of hydrogen-bond donors (Lipinski definition) is 1. The molecule has 1 amide bonds. The summed E-state index contributed by atoms with van der Waals surface area (Å²) in [5.74, 6) is -0.169. The number of amides is 1. The SMILES string of the molecule is O=C(Cc1csc(-c2ccsc2)n1)NCC(c1ccc(C(F)(F)F)cc1)N1CCOCC1. The topological polar surface area (TPSA) is 54.5 Å². The molecule has 0 radical (unpaired) electrons. The Morgan fingerprint density at radius 3 is 2.56 bits per heavy atom. The first kappa shape index (κ1) is 22.9. The van der Waals surface area contributed by atoms with E-state index in [-0.39, 0.29) is 18.4 Å². The van der Waals surface area contributed by atoms with Gasteiger partial charge in [-0.3, -0.25) is 9.69 Å². The first-order chi connectivity index (χ1) is 15.4. The number of hydrogen-bond acceptors (Lipinski definition) is 6. The fourth-order valence-electron chi connectivity index (χ4n) is 3.59. The van der Waals surface area contributed by atoms with E-state index in [1.165, 1.54) is 23.5 Å². The van der Waals surface area contributed by atoms with E-state index in [9.17, 15) is 18.0 Å². The lowest BCUT2D eigenvalue weighted by Gasteiger charge is -2.35. The number of carbonyl (C=O) groups excluding carboxylic acids is 1. The van der Waals surface area contributed by atoms with Crippen LogP contribution in [0.1, 0.15) is 22.9 Å². The number of nitrogens with zero attached hydrogens (tertiary/aromatic N) is 2. The van der Waals surface area contributed by atoms with Gasteiger partial charge in [-0.25, -0.2) is 4.98 Å². The molecular weight excluding hydrogens is 459 g/mol. The monoisotopic (exact) mass is 481 g/mol. The van der Waals surface area contributed by atoms with Crippen LogP contribution in [0.25, 0.3) is 10.6 Å². The Hall–Kier alpha value is -2.27. The van der Waals surface area contributed by atoms with Gasteiger partial charge in [-0.1, -0.05) is 12.1 Å². The lowest BCUT2D eigenvalue weighted by Crippen LogP contribution is -2.44. The fourth-order valence-corrected chi connectivity index (χ4v) is 5.12. The number of carbonyl (C=O) groups is 1. The maximum atomic E-state index is 12.9. The molecule has 170 valence electrons. The molecule has 1 aliphatic rings. The number of ether oxygens (including phenoxy) is 1. The quantitative estimate of drug-likeness (QED) is 0.535. The fraction of sp³-hybridized carbons (Fsp3) is 0.364. The van der Waals surface area contributed by atoms with Crippen molar-refractivity contribution in [1.29, 1.82) is 0 Å². The van der Waals surface area contributed by atoms with Crippen LogP contribution in [0.15, 0.2) is 46.5 Å². The molecule has 1 fully saturated rings. The molecule has 32 heavy (non-hydrogen) atoms. The standard InChI is InChI=1S/C22H22F3N3O2S2/c23-22(24,25)17-3-1-15(2-4-17)19(28-6-8-30-9-7-28)12-26-20(29)11-18-14-32-21(27-18)16-5-10-31-13-16/h1-5,10,13-14,19H,6-9,11-12H2,(H,26,29). The predicted octanol–water partition coefficient (Wildman–Crippen LogP) is 4.62. The van der Waals surface area contributed by atoms with E-state index in [4.69, 9.17) is 4.74 Å². The second-order valence-electron chi connectivity index (χ2n) is 7.42. The number of halogens is 3. The smallest absolute Gasteiger partial charge is 0.379 e. The third-order valence-electron chi connectivity index (χ3n) is 5.26. The number of morpholine rings is 1. The summed E-state index contributed by atoms with van der Waals surface area (Å²) >= 11 is 3.09. The first-order valence-corrected chi connectivity index (χ1v) is 11.9. The molecule has 4 rings (SSSR count). The van der Waals surface area contributed by atoms with Gasteiger partial charge in [-0.2, -0.15) is 24.5 Å². The van der Waals surface area contributed by atoms with E-state index < -0.39 is 11.7 Å². The Balaban J connectivity index is 1.41. The van der Waals surface area contributed by atoms with Crippen molar-refractivity contribution < 1.29 is 22.7 Å². The summed E-state index contributed by atoms with van der Waals surface area (Å²) in [6.07, 6.45) is -4.22. The van der Waals surface area contributed by atoms with Crippen LogP contribution < -0.4 is 5.32 Å². The summed E-state index contributed by atoms with van der Waals surface area (Å²) in [4.78, 5) is 19.2. The van der Waals surface area contributed by atoms with E-state index in [0.29, 0.717) is 38.5 Å². The molecule has 10 heteroatoms. The molecule has 1 N–H and O–H groups in total. The van der Waals surface area contributed by atoms with Gasteiger partial charge < -0.3 is 10.1 Å². The van der Waals surface area contributed by atoms with Crippen LogP contribution in [-0.2, 0) is 22.1 Å². The van der Waals surface area contributed by atoms with Gasteiger partial charge in [0.25, 0.3) is 0 Å². The average Bonchev–Trinajstić information content (AvgIpc) is 3.46. The van der Waals surface area contributed by atoms with Gasteiger partial charge in [0.1, 0.15) is 5.01 Å². The zero-order chi connectivity index (χ0) is 22.6. The van der Waals surface area contributed by atoms with Crippen LogP contribution in [0.2, 0.25) is 0 Å². The molecule has 2 aromatic heterocycles. The largest absolute Gasteiger partial charge is 0.416 e. The highest BCUT2D eigenvalue weighted by atomic mass is 32.1. The number of thiophene rings is 1. The second-order valence-corrected chi connectivity index (χ2v) is 9.06. The highest BCUT2D eigenvalue weighted by molar-refractivity contribution is 7.14. The summed E-state index contributed by atoms with van der Waals surface area (Å²) in [6, 6.07) is 6.91. The normalized spacial score (nSPS) is 16.1. The molecule has 3 heterocycles. The van der Waals surface area contributed by atoms with E-state index in [0.717, 1.165) is 28.3 Å². The summed E-state index contributed by atoms with van der Waals surface area (Å²) in [7, 11) is 0. The Morgan fingerprint density at radius 2 is 1.91 bits per heavy atom. The number of aromatic nitrogens is 1. The van der Waals surface area contributed by atoms with Gasteiger partial charge in [0, 0.05) is 36.0 Å². The second kappa shape index (κ2) is 10.1. The Bertz CT molecular complexity index is 1010. The minimum atomic E-state index is -4.38. The van der Waals surface area contributed by atoms with Crippen molar-refractivity contribution in [1.82, 2.24) is 15.2 Å². The van der Waals surface area contributed by atoms with Gasteiger partial charge in [-0.05, 0) is 29.1 Å². The molecule has 0 spiro atoms. The number of thiazole rings is 1. The molecule has 1 saturated heterocycles. The van der Waals surface area contributed by atoms with E-state index in [1.54, 1.807) is 11.3 Å². The number of alkyl halides is 3. The lowest BCUT2D eigenvalue weighted by atomic mass is 10.0. The van der Waals surface area contributed by atoms with Crippen LogP contribution in [0.4, 0.5) is 13.2 Å². The third-order valence-corrected chi connectivity index (χ3v) is 6.89. The molecule has 3 aromatic rings. The Morgan fingerprint density at radius 1 is 1.16 bits per heavy atom. The number of rotatable bonds is 7. The average molecular weight is 482 g/mol. The Labute approximate surface area is 191 Å². The summed E-state index contributed by atoms with van der Waals surface area (Å²) < 4.78 is 44.2. The van der Waals surface area contributed by atoms with E-state index in [1.807, 2.05) is 22.2 Å². The van der Waals surface area contributed by atoms with Crippen LogP contribution in [0, 0.1) is 0 Å². The van der Waals surface area contributed by atoms with Crippen molar-refractivity contribution >= 4 is 28.6 Å². The molecule has 5 nitrogen and oxygen atoms in total. The lowest BCUT2D eigenvalue weighted by molar-refractivity contribution is -0.137. The summed E-state index contributed by atoms with van der Waals surface area (Å²) in [5, 5.41) is 9.69. The van der Waals surface area contributed by atoms with E-state index in [2.05, 4.69) is 15.2 Å². The zero-order valence-corrected chi connectivity index (χ0v) is 18.7. The maximum absolute atomic E-state index is 12.9. The highest BCUT2D eigenvalue weighted by Gasteiger charge is 2.31. The Kier molecular flexibility index (Phi) is 7.24. The molecule has 0 saturated carbocycles. The van der Waals surface area contributed by atoms with Crippen LogP contribution in [0.3, 0.4) is 0 Å². The van der Waals surface area contributed by atoms with Crippen LogP contribution in [0.5, 0.6) is 0 Å². The van der Waals surface area contributed by atoms with Gasteiger partial charge in [0.2, 0.25) is 5.91 Å². The molecule has 1 unspecified atom stereocenters. The van der Waals surface area contributed by atoms with E-state index >= 15 is 0 Å². The number of benzene rings is 1. The minimum absolute atomic E-state index is 0.156. The zero-order valence-electron chi connectivity index (χ0n) is 17.1. The molecular formula is C22H22F3N3O2S2. The predicted molar refractivity (Wildman–Crippen MR) is 119 cm³/mol. The van der Waals surface area contributed by atoms with Gasteiger partial charge in [0.15, 0.2) is 0 Å². The molecule has 0 aliphatic carbocycles. The van der Waals surface area contributed by atoms with Crippen LogP contribution in [-0.4, -0.2) is 48.6 Å². The number of nitrogens with one attached hydrogen (secondary N) is 1.